The first-order chi connectivity index (χ1) is 15.8. The molecule has 0 unspecified atom stereocenters. The Bertz CT molecular complexity index is 943. The molecule has 0 radical (unpaired) electrons. The number of hydrogen-bond acceptors (Lipinski definition) is 4. The van der Waals surface area contributed by atoms with Gasteiger partial charge in [0.1, 0.15) is 18.3 Å². The van der Waals surface area contributed by atoms with Crippen LogP contribution in [-0.4, -0.2) is 29.5 Å². The molecule has 3 aromatic carbocycles. The zero-order valence-electron chi connectivity index (χ0n) is 18.1. The predicted octanol–water partition coefficient (Wildman–Crippen LogP) is 5.06. The van der Waals surface area contributed by atoms with Crippen molar-refractivity contribution in [3.8, 4) is 0 Å². The first-order valence-electron chi connectivity index (χ1n) is 11.1. The molecule has 32 heavy (non-hydrogen) atoms. The molecule has 0 heterocycles. The van der Waals surface area contributed by atoms with E-state index in [-0.39, 0.29) is 6.10 Å². The molecule has 4 atom stereocenters. The Morgan fingerprint density at radius 2 is 1.03 bits per heavy atom. The molecule has 1 N–H and O–H groups in total. The molecule has 0 amide bonds. The van der Waals surface area contributed by atoms with Gasteiger partial charge in [-0.25, -0.2) is 0 Å². The lowest BCUT2D eigenvalue weighted by atomic mass is 10.0. The van der Waals surface area contributed by atoms with Crippen molar-refractivity contribution < 1.29 is 19.3 Å². The fourth-order valence-corrected chi connectivity index (χ4v) is 3.85. The van der Waals surface area contributed by atoms with Crippen LogP contribution in [0, 0.1) is 0 Å². The van der Waals surface area contributed by atoms with E-state index in [9.17, 15) is 5.11 Å². The van der Waals surface area contributed by atoms with Crippen molar-refractivity contribution in [3.63, 3.8) is 0 Å². The largest absolute Gasteiger partial charge is 0.390 e. The highest BCUT2D eigenvalue weighted by molar-refractivity contribution is 5.16. The highest BCUT2D eigenvalue weighted by Crippen LogP contribution is 2.25. The lowest BCUT2D eigenvalue weighted by molar-refractivity contribution is -0.165. The number of aliphatic hydroxyl groups excluding tert-OH is 1. The summed E-state index contributed by atoms with van der Waals surface area (Å²) >= 11 is 0. The van der Waals surface area contributed by atoms with Gasteiger partial charge in [-0.05, 0) is 23.1 Å². The minimum absolute atomic E-state index is 0.336. The van der Waals surface area contributed by atoms with E-state index < -0.39 is 18.3 Å². The van der Waals surface area contributed by atoms with Gasteiger partial charge in [-0.2, -0.15) is 0 Å². The second-order valence-electron chi connectivity index (χ2n) is 8.01. The third-order valence-corrected chi connectivity index (χ3v) is 5.59. The summed E-state index contributed by atoms with van der Waals surface area (Å²) in [4.78, 5) is 0. The van der Waals surface area contributed by atoms with Crippen LogP contribution in [0.2, 0.25) is 0 Å². The number of ether oxygens (including phenoxy) is 3. The van der Waals surface area contributed by atoms with E-state index in [4.69, 9.17) is 14.2 Å². The second-order valence-corrected chi connectivity index (χ2v) is 8.01. The Balaban J connectivity index is 1.51. The standard InChI is InChI=1S/C28H30O4/c29-25-17-10-18-26(30-19-22-11-4-1-5-12-22)28(32-21-24-15-8-3-9-16-24)27(25)31-20-23-13-6-2-7-14-23/h1-16,18,25-29H,17,19-21H2/t25-,26+,27+,28+/m1/s1. The van der Waals surface area contributed by atoms with Gasteiger partial charge in [-0.3, -0.25) is 0 Å². The molecule has 3 aromatic rings. The first-order valence-corrected chi connectivity index (χ1v) is 11.1. The minimum atomic E-state index is -0.680. The first kappa shape index (κ1) is 22.4. The van der Waals surface area contributed by atoms with Crippen LogP contribution >= 0.6 is 0 Å². The molecule has 4 nitrogen and oxygen atoms in total. The number of benzene rings is 3. The molecule has 166 valence electrons. The molecule has 4 rings (SSSR count). The lowest BCUT2D eigenvalue weighted by Crippen LogP contribution is -2.46. The van der Waals surface area contributed by atoms with E-state index in [1.807, 2.05) is 103 Å². The van der Waals surface area contributed by atoms with Crippen LogP contribution in [0.1, 0.15) is 23.1 Å². The summed E-state index contributed by atoms with van der Waals surface area (Å²) in [6.45, 7) is 1.28. The van der Waals surface area contributed by atoms with Gasteiger partial charge >= 0.3 is 0 Å². The Morgan fingerprint density at radius 1 is 0.594 bits per heavy atom. The Morgan fingerprint density at radius 3 is 1.53 bits per heavy atom. The van der Waals surface area contributed by atoms with Gasteiger partial charge in [0.2, 0.25) is 0 Å². The topological polar surface area (TPSA) is 47.9 Å². The fraction of sp³-hybridized carbons (Fsp3) is 0.286. The number of hydrogen-bond donors (Lipinski definition) is 1. The molecule has 4 heteroatoms. The van der Waals surface area contributed by atoms with Gasteiger partial charge in [0.15, 0.2) is 0 Å². The monoisotopic (exact) mass is 430 g/mol. The molecule has 0 bridgehead atoms. The quantitative estimate of drug-likeness (QED) is 0.482. The molecular weight excluding hydrogens is 400 g/mol. The summed E-state index contributed by atoms with van der Waals surface area (Å²) < 4.78 is 18.9. The molecule has 0 saturated carbocycles. The van der Waals surface area contributed by atoms with E-state index >= 15 is 0 Å². The van der Waals surface area contributed by atoms with Crippen LogP contribution in [0.25, 0.3) is 0 Å². The third-order valence-electron chi connectivity index (χ3n) is 5.59. The van der Waals surface area contributed by atoms with E-state index in [1.54, 1.807) is 0 Å². The maximum Gasteiger partial charge on any atom is 0.116 e. The highest BCUT2D eigenvalue weighted by atomic mass is 16.6. The van der Waals surface area contributed by atoms with Gasteiger partial charge in [0.05, 0.1) is 25.9 Å². The Kier molecular flexibility index (Phi) is 8.23. The fourth-order valence-electron chi connectivity index (χ4n) is 3.85. The van der Waals surface area contributed by atoms with Crippen molar-refractivity contribution in [2.75, 3.05) is 0 Å². The number of aliphatic hydroxyl groups is 1. The van der Waals surface area contributed by atoms with Crippen molar-refractivity contribution in [3.05, 3.63) is 120 Å². The van der Waals surface area contributed by atoms with Crippen molar-refractivity contribution >= 4 is 0 Å². The van der Waals surface area contributed by atoms with E-state index in [1.165, 1.54) is 0 Å². The van der Waals surface area contributed by atoms with Crippen LogP contribution in [0.15, 0.2) is 103 Å². The second kappa shape index (κ2) is 11.7. The summed E-state index contributed by atoms with van der Waals surface area (Å²) in [6, 6.07) is 30.1. The molecule has 1 aliphatic rings. The smallest absolute Gasteiger partial charge is 0.116 e. The van der Waals surface area contributed by atoms with Gasteiger partial charge in [-0.1, -0.05) is 103 Å². The zero-order chi connectivity index (χ0) is 22.0. The maximum atomic E-state index is 10.9. The molecule has 0 spiro atoms. The van der Waals surface area contributed by atoms with E-state index in [2.05, 4.69) is 0 Å². The SMILES string of the molecule is O[C@@H]1CC=C[C@H](OCc2ccccc2)[C@H](OCc2ccccc2)[C@H]1OCc1ccccc1. The normalized spacial score (nSPS) is 23.0. The van der Waals surface area contributed by atoms with Gasteiger partial charge in [-0.15, -0.1) is 0 Å². The van der Waals surface area contributed by atoms with E-state index in [0.717, 1.165) is 16.7 Å². The third kappa shape index (κ3) is 6.38. The Hall–Kier alpha value is -2.76. The predicted molar refractivity (Wildman–Crippen MR) is 125 cm³/mol. The molecule has 0 fully saturated rings. The molecular formula is C28H30O4. The van der Waals surface area contributed by atoms with Gasteiger partial charge in [0, 0.05) is 0 Å². The molecule has 0 aliphatic heterocycles. The van der Waals surface area contributed by atoms with Crippen LogP contribution in [-0.2, 0) is 34.0 Å². The molecule has 0 aromatic heterocycles. The Labute approximate surface area is 190 Å². The van der Waals surface area contributed by atoms with Crippen molar-refractivity contribution in [2.45, 2.75) is 50.7 Å². The lowest BCUT2D eigenvalue weighted by Gasteiger charge is -2.33. The summed E-state index contributed by atoms with van der Waals surface area (Å²) in [5.74, 6) is 0. The van der Waals surface area contributed by atoms with Crippen LogP contribution in [0.3, 0.4) is 0 Å². The van der Waals surface area contributed by atoms with Gasteiger partial charge in [0.25, 0.3) is 0 Å². The minimum Gasteiger partial charge on any atom is -0.390 e. The van der Waals surface area contributed by atoms with Crippen molar-refractivity contribution in [2.24, 2.45) is 0 Å². The molecule has 1 aliphatic carbocycles. The average molecular weight is 431 g/mol. The van der Waals surface area contributed by atoms with E-state index in [0.29, 0.717) is 26.2 Å². The number of rotatable bonds is 9. The van der Waals surface area contributed by atoms with Gasteiger partial charge < -0.3 is 19.3 Å². The van der Waals surface area contributed by atoms with Crippen LogP contribution in [0.5, 0.6) is 0 Å². The molecule has 0 saturated heterocycles. The zero-order valence-corrected chi connectivity index (χ0v) is 18.1. The summed E-state index contributed by atoms with van der Waals surface area (Å²) in [5.41, 5.74) is 3.22. The maximum absolute atomic E-state index is 10.9. The van der Waals surface area contributed by atoms with Crippen LogP contribution < -0.4 is 0 Å². The van der Waals surface area contributed by atoms with Crippen LogP contribution in [0.4, 0.5) is 0 Å². The van der Waals surface area contributed by atoms with Crippen molar-refractivity contribution in [1.82, 2.24) is 0 Å². The summed E-state index contributed by atoms with van der Waals surface area (Å²) in [5, 5.41) is 10.9. The average Bonchev–Trinajstić information content (AvgIpc) is 3.00. The summed E-state index contributed by atoms with van der Waals surface area (Å²) in [6.07, 6.45) is 2.47. The van der Waals surface area contributed by atoms with Crippen molar-refractivity contribution in [1.29, 1.82) is 0 Å². The highest BCUT2D eigenvalue weighted by Gasteiger charge is 2.37. The summed E-state index contributed by atoms with van der Waals surface area (Å²) in [7, 11) is 0.